The first-order valence-electron chi connectivity index (χ1n) is 8.15. The van der Waals surface area contributed by atoms with Gasteiger partial charge in [-0.05, 0) is 48.7 Å². The number of nitrogens with one attached hydrogen (secondary N) is 2. The largest absolute Gasteiger partial charge is 0.326 e. The summed E-state index contributed by atoms with van der Waals surface area (Å²) in [4.78, 5) is 28.4. The average Bonchev–Trinajstić information content (AvgIpc) is 3.09. The van der Waals surface area contributed by atoms with Gasteiger partial charge in [-0.1, -0.05) is 23.4 Å². The van der Waals surface area contributed by atoms with E-state index in [4.69, 9.17) is 11.6 Å². The summed E-state index contributed by atoms with van der Waals surface area (Å²) in [5, 5.41) is 6.27. The molecule has 0 radical (unpaired) electrons. The molecule has 0 aliphatic rings. The number of hydrogen-bond acceptors (Lipinski definition) is 4. The van der Waals surface area contributed by atoms with Crippen LogP contribution in [0.15, 0.2) is 53.8 Å². The van der Waals surface area contributed by atoms with Crippen LogP contribution in [0.5, 0.6) is 0 Å². The fourth-order valence-corrected chi connectivity index (χ4v) is 3.28. The fraction of sp³-hybridized carbons (Fsp3) is 0.105. The molecule has 0 unspecified atom stereocenters. The van der Waals surface area contributed by atoms with Gasteiger partial charge in [-0.2, -0.15) is 0 Å². The molecule has 0 saturated heterocycles. The summed E-state index contributed by atoms with van der Waals surface area (Å²) in [6.07, 6.45) is 3.27. The van der Waals surface area contributed by atoms with Crippen LogP contribution in [0.1, 0.15) is 17.4 Å². The Morgan fingerprint density at radius 3 is 2.50 bits per heavy atom. The minimum Gasteiger partial charge on any atom is -0.326 e. The smallest absolute Gasteiger partial charge is 0.274 e. The van der Waals surface area contributed by atoms with Gasteiger partial charge in [-0.3, -0.25) is 14.2 Å². The van der Waals surface area contributed by atoms with Crippen LogP contribution < -0.4 is 10.6 Å². The molecular formula is C19H16ClFN4O2S. The molecule has 0 aliphatic heterocycles. The Morgan fingerprint density at radius 2 is 1.86 bits per heavy atom. The lowest BCUT2D eigenvalue weighted by Crippen LogP contribution is -2.17. The Bertz CT molecular complexity index is 1040. The molecule has 0 saturated carbocycles. The van der Waals surface area contributed by atoms with Crippen molar-refractivity contribution in [2.24, 2.45) is 0 Å². The third-order valence-corrected chi connectivity index (χ3v) is 4.75. The summed E-state index contributed by atoms with van der Waals surface area (Å²) in [6.45, 7) is 1.39. The van der Waals surface area contributed by atoms with Gasteiger partial charge in [0.1, 0.15) is 11.5 Å². The third-order valence-electron chi connectivity index (χ3n) is 3.76. The summed E-state index contributed by atoms with van der Waals surface area (Å²) in [6, 6.07) is 10.5. The SMILES string of the molecule is CSc1ncc(C(=O)Nc2cc(NC(C)=O)ccc2Cl)n1-c1ccc(F)cc1. The molecule has 2 N–H and O–H groups in total. The molecule has 144 valence electrons. The molecule has 0 bridgehead atoms. The first-order valence-corrected chi connectivity index (χ1v) is 9.75. The highest BCUT2D eigenvalue weighted by Crippen LogP contribution is 2.27. The topological polar surface area (TPSA) is 76.0 Å². The predicted molar refractivity (Wildman–Crippen MR) is 109 cm³/mol. The molecule has 1 aromatic heterocycles. The zero-order valence-corrected chi connectivity index (χ0v) is 16.6. The van der Waals surface area contributed by atoms with Crippen molar-refractivity contribution in [3.05, 3.63) is 65.2 Å². The van der Waals surface area contributed by atoms with Gasteiger partial charge in [0.25, 0.3) is 5.91 Å². The maximum Gasteiger partial charge on any atom is 0.274 e. The van der Waals surface area contributed by atoms with E-state index in [1.807, 2.05) is 6.26 Å². The van der Waals surface area contributed by atoms with Crippen LogP contribution >= 0.6 is 23.4 Å². The number of carbonyl (C=O) groups is 2. The van der Waals surface area contributed by atoms with Crippen molar-refractivity contribution in [3.63, 3.8) is 0 Å². The van der Waals surface area contributed by atoms with Crippen molar-refractivity contribution < 1.29 is 14.0 Å². The van der Waals surface area contributed by atoms with Gasteiger partial charge in [0.15, 0.2) is 5.16 Å². The number of carbonyl (C=O) groups excluding carboxylic acids is 2. The summed E-state index contributed by atoms with van der Waals surface area (Å²) in [5.74, 6) is -1.06. The lowest BCUT2D eigenvalue weighted by molar-refractivity contribution is -0.114. The second kappa shape index (κ2) is 8.45. The van der Waals surface area contributed by atoms with E-state index in [1.165, 1.54) is 37.0 Å². The fourth-order valence-electron chi connectivity index (χ4n) is 2.57. The first kappa shape index (κ1) is 19.9. The van der Waals surface area contributed by atoms with E-state index >= 15 is 0 Å². The number of imidazole rings is 1. The van der Waals surface area contributed by atoms with E-state index in [0.717, 1.165) is 0 Å². The summed E-state index contributed by atoms with van der Waals surface area (Å²) in [7, 11) is 0. The number of amides is 2. The number of rotatable bonds is 5. The summed E-state index contributed by atoms with van der Waals surface area (Å²) >= 11 is 7.53. The monoisotopic (exact) mass is 418 g/mol. The highest BCUT2D eigenvalue weighted by Gasteiger charge is 2.19. The Hall–Kier alpha value is -2.84. The number of benzene rings is 2. The van der Waals surface area contributed by atoms with E-state index in [1.54, 1.807) is 34.9 Å². The molecule has 2 amide bonds. The van der Waals surface area contributed by atoms with E-state index < -0.39 is 5.91 Å². The van der Waals surface area contributed by atoms with E-state index in [-0.39, 0.29) is 17.4 Å². The molecular weight excluding hydrogens is 403 g/mol. The molecule has 0 aliphatic carbocycles. The molecule has 3 rings (SSSR count). The first-order chi connectivity index (χ1) is 13.4. The van der Waals surface area contributed by atoms with Crippen LogP contribution in [0.25, 0.3) is 5.69 Å². The van der Waals surface area contributed by atoms with Crippen molar-refractivity contribution >= 4 is 46.6 Å². The lowest BCUT2D eigenvalue weighted by Gasteiger charge is -2.13. The molecule has 0 fully saturated rings. The molecule has 2 aromatic carbocycles. The molecule has 0 atom stereocenters. The van der Waals surface area contributed by atoms with E-state index in [0.29, 0.717) is 27.2 Å². The van der Waals surface area contributed by atoms with Crippen LogP contribution in [0.3, 0.4) is 0 Å². The van der Waals surface area contributed by atoms with Crippen LogP contribution in [-0.4, -0.2) is 27.6 Å². The van der Waals surface area contributed by atoms with Gasteiger partial charge in [0.2, 0.25) is 5.91 Å². The van der Waals surface area contributed by atoms with Gasteiger partial charge >= 0.3 is 0 Å². The van der Waals surface area contributed by atoms with Gasteiger partial charge < -0.3 is 10.6 Å². The Balaban J connectivity index is 1.95. The van der Waals surface area contributed by atoms with Gasteiger partial charge in [-0.25, -0.2) is 9.37 Å². The van der Waals surface area contributed by atoms with Crippen molar-refractivity contribution in [2.45, 2.75) is 12.1 Å². The Kier molecular flexibility index (Phi) is 6.01. The standard InChI is InChI=1S/C19H16ClFN4O2S/c1-11(26)23-13-5-8-15(20)16(9-13)24-18(27)17-10-22-19(28-2)25(17)14-6-3-12(21)4-7-14/h3-10H,1-2H3,(H,23,26)(H,24,27). The second-order valence-corrected chi connectivity index (χ2v) is 6.95. The average molecular weight is 419 g/mol. The van der Waals surface area contributed by atoms with Crippen molar-refractivity contribution in [2.75, 3.05) is 16.9 Å². The molecule has 9 heteroatoms. The number of hydrogen-bond donors (Lipinski definition) is 2. The van der Waals surface area contributed by atoms with Crippen LogP contribution in [0.4, 0.5) is 15.8 Å². The summed E-state index contributed by atoms with van der Waals surface area (Å²) in [5.41, 5.74) is 1.71. The van der Waals surface area contributed by atoms with E-state index in [9.17, 15) is 14.0 Å². The van der Waals surface area contributed by atoms with Crippen LogP contribution in [0.2, 0.25) is 5.02 Å². The van der Waals surface area contributed by atoms with Gasteiger partial charge in [0.05, 0.1) is 16.9 Å². The minimum absolute atomic E-state index is 0.237. The number of anilines is 2. The second-order valence-electron chi connectivity index (χ2n) is 5.77. The van der Waals surface area contributed by atoms with Crippen LogP contribution in [-0.2, 0) is 4.79 Å². The highest BCUT2D eigenvalue weighted by molar-refractivity contribution is 7.98. The predicted octanol–water partition coefficient (Wildman–Crippen LogP) is 4.60. The van der Waals surface area contributed by atoms with Gasteiger partial charge in [-0.15, -0.1) is 0 Å². The highest BCUT2D eigenvalue weighted by atomic mass is 35.5. The van der Waals surface area contributed by atoms with Crippen molar-refractivity contribution in [1.82, 2.24) is 9.55 Å². The Morgan fingerprint density at radius 1 is 1.14 bits per heavy atom. The molecule has 28 heavy (non-hydrogen) atoms. The molecule has 3 aromatic rings. The number of halogens is 2. The third kappa shape index (κ3) is 4.35. The zero-order chi connectivity index (χ0) is 20.3. The number of nitrogens with zero attached hydrogens (tertiary/aromatic N) is 2. The maximum atomic E-state index is 13.3. The summed E-state index contributed by atoms with van der Waals surface area (Å²) < 4.78 is 14.9. The number of thioether (sulfide) groups is 1. The molecule has 0 spiro atoms. The lowest BCUT2D eigenvalue weighted by atomic mass is 10.2. The van der Waals surface area contributed by atoms with Crippen LogP contribution in [0, 0.1) is 5.82 Å². The number of aromatic nitrogens is 2. The Labute approximate surface area is 170 Å². The van der Waals surface area contributed by atoms with Crippen molar-refractivity contribution in [3.8, 4) is 5.69 Å². The zero-order valence-electron chi connectivity index (χ0n) is 15.0. The normalized spacial score (nSPS) is 10.6. The van der Waals surface area contributed by atoms with E-state index in [2.05, 4.69) is 15.6 Å². The molecule has 1 heterocycles. The quantitative estimate of drug-likeness (QED) is 0.594. The van der Waals surface area contributed by atoms with Gasteiger partial charge in [0, 0.05) is 18.3 Å². The molecule has 6 nitrogen and oxygen atoms in total. The van der Waals surface area contributed by atoms with Crippen molar-refractivity contribution in [1.29, 1.82) is 0 Å². The maximum absolute atomic E-state index is 13.3. The minimum atomic E-state index is -0.445.